The summed E-state index contributed by atoms with van der Waals surface area (Å²) in [6.07, 6.45) is -0.383. The molecule has 0 unspecified atom stereocenters. The third-order valence-corrected chi connectivity index (χ3v) is 1.68. The Hall–Kier alpha value is -1.53. The highest BCUT2D eigenvalue weighted by Gasteiger charge is 2.15. The van der Waals surface area contributed by atoms with Crippen molar-refractivity contribution in [1.82, 2.24) is 5.32 Å². The quantitative estimate of drug-likeness (QED) is 0.691. The van der Waals surface area contributed by atoms with E-state index in [1.165, 1.54) is 0 Å². The van der Waals surface area contributed by atoms with E-state index in [1.807, 2.05) is 51.1 Å². The van der Waals surface area contributed by atoms with Gasteiger partial charge in [0, 0.05) is 6.54 Å². The van der Waals surface area contributed by atoms with Crippen molar-refractivity contribution >= 4 is 13.8 Å². The van der Waals surface area contributed by atoms with Crippen molar-refractivity contribution in [1.29, 1.82) is 0 Å². The van der Waals surface area contributed by atoms with E-state index in [-0.39, 0.29) is 13.8 Å². The van der Waals surface area contributed by atoms with Gasteiger partial charge >= 0.3 is 13.8 Å². The fourth-order valence-electron chi connectivity index (χ4n) is 1.08. The molecule has 0 atom stereocenters. The van der Waals surface area contributed by atoms with E-state index in [9.17, 15) is 4.79 Å². The normalized spacial score (nSPS) is 9.83. The van der Waals surface area contributed by atoms with Crippen molar-refractivity contribution in [2.75, 3.05) is 0 Å². The van der Waals surface area contributed by atoms with Crippen LogP contribution in [0.2, 0.25) is 0 Å². The lowest BCUT2D eigenvalue weighted by molar-refractivity contribution is 0.0523. The summed E-state index contributed by atoms with van der Waals surface area (Å²) in [4.78, 5) is 11.3. The third kappa shape index (κ3) is 9.68. The Morgan fingerprint density at radius 3 is 2.22 bits per heavy atom. The molecule has 0 heterocycles. The molecule has 0 aliphatic carbocycles. The number of hydrogen-bond acceptors (Lipinski definition) is 4. The van der Waals surface area contributed by atoms with Gasteiger partial charge in [-0.15, -0.1) is 0 Å². The second-order valence-corrected chi connectivity index (χ2v) is 4.46. The van der Waals surface area contributed by atoms with E-state index in [1.54, 1.807) is 0 Å². The fraction of sp³-hybridized carbons (Fsp3) is 0.417. The lowest BCUT2D eigenvalue weighted by Gasteiger charge is -2.19. The van der Waals surface area contributed by atoms with Crippen molar-refractivity contribution < 1.29 is 19.6 Å². The van der Waals surface area contributed by atoms with Crippen LogP contribution in [0, 0.1) is 0 Å². The molecular formula is C12H19BNO4. The molecule has 0 saturated heterocycles. The molecule has 0 fully saturated rings. The molecule has 0 spiro atoms. The summed E-state index contributed by atoms with van der Waals surface area (Å²) in [6, 6.07) is 9.73. The maximum Gasteiger partial charge on any atom is 0.482 e. The smallest absolute Gasteiger partial charge is 0.444 e. The molecule has 0 aliphatic heterocycles. The van der Waals surface area contributed by atoms with Gasteiger partial charge in [-0.05, 0) is 26.3 Å². The van der Waals surface area contributed by atoms with Crippen molar-refractivity contribution in [2.45, 2.75) is 32.9 Å². The van der Waals surface area contributed by atoms with Gasteiger partial charge in [0.05, 0.1) is 0 Å². The van der Waals surface area contributed by atoms with Crippen molar-refractivity contribution in [3.63, 3.8) is 0 Å². The van der Waals surface area contributed by atoms with Crippen LogP contribution in [-0.2, 0) is 11.3 Å². The highest BCUT2D eigenvalue weighted by molar-refractivity contribution is 6.13. The monoisotopic (exact) mass is 252 g/mol. The molecule has 0 aliphatic rings. The summed E-state index contributed by atoms with van der Waals surface area (Å²) in [5.41, 5.74) is 0.615. The van der Waals surface area contributed by atoms with Gasteiger partial charge < -0.3 is 20.1 Å². The summed E-state index contributed by atoms with van der Waals surface area (Å²) in [7, 11) is 0. The van der Waals surface area contributed by atoms with Crippen LogP contribution in [0.25, 0.3) is 0 Å². The predicted octanol–water partition coefficient (Wildman–Crippen LogP) is 1.22. The average Bonchev–Trinajstić information content (AvgIpc) is 2.27. The standard InChI is InChI=1S/C12H17NO2.BH2O2/c1-12(2,3)15-11(14)13-9-10-7-5-4-6-8-10;2-1-3/h4-8H,9H2,1-3H3,(H,13,14);2-3H. The second kappa shape index (κ2) is 8.55. The van der Waals surface area contributed by atoms with Crippen molar-refractivity contribution in [3.05, 3.63) is 35.9 Å². The zero-order chi connectivity index (χ0) is 14.0. The van der Waals surface area contributed by atoms with E-state index >= 15 is 0 Å². The Labute approximate surface area is 108 Å². The molecule has 99 valence electrons. The Morgan fingerprint density at radius 1 is 1.28 bits per heavy atom. The van der Waals surface area contributed by atoms with Crippen LogP contribution in [-0.4, -0.2) is 29.4 Å². The van der Waals surface area contributed by atoms with Gasteiger partial charge in [-0.25, -0.2) is 4.79 Å². The number of ether oxygens (including phenoxy) is 1. The van der Waals surface area contributed by atoms with Crippen molar-refractivity contribution in [3.8, 4) is 0 Å². The highest BCUT2D eigenvalue weighted by atomic mass is 16.6. The van der Waals surface area contributed by atoms with Gasteiger partial charge in [0.15, 0.2) is 0 Å². The maximum atomic E-state index is 11.3. The van der Waals surface area contributed by atoms with Gasteiger partial charge in [0.2, 0.25) is 0 Å². The Bertz CT molecular complexity index is 338. The molecule has 0 saturated carbocycles. The van der Waals surface area contributed by atoms with E-state index in [0.717, 1.165) is 5.56 Å². The van der Waals surface area contributed by atoms with Crippen LogP contribution in [0.15, 0.2) is 30.3 Å². The summed E-state index contributed by atoms with van der Waals surface area (Å²) in [5, 5.41) is 16.7. The number of hydrogen-bond donors (Lipinski definition) is 3. The lowest BCUT2D eigenvalue weighted by atomic mass is 10.2. The first-order valence-electron chi connectivity index (χ1n) is 5.50. The van der Waals surface area contributed by atoms with E-state index < -0.39 is 5.60 Å². The number of amides is 1. The molecule has 1 aromatic carbocycles. The highest BCUT2D eigenvalue weighted by Crippen LogP contribution is 2.06. The first kappa shape index (κ1) is 16.5. The zero-order valence-electron chi connectivity index (χ0n) is 10.9. The van der Waals surface area contributed by atoms with Crippen LogP contribution in [0.4, 0.5) is 4.79 Å². The molecular weight excluding hydrogens is 233 g/mol. The lowest BCUT2D eigenvalue weighted by Crippen LogP contribution is -2.32. The summed E-state index contributed by atoms with van der Waals surface area (Å²) in [5.74, 6) is 0. The van der Waals surface area contributed by atoms with Crippen LogP contribution < -0.4 is 5.32 Å². The Balaban J connectivity index is 0.000000873. The zero-order valence-corrected chi connectivity index (χ0v) is 10.9. The van der Waals surface area contributed by atoms with E-state index in [2.05, 4.69) is 5.32 Å². The van der Waals surface area contributed by atoms with Crippen LogP contribution in [0.3, 0.4) is 0 Å². The Kier molecular flexibility index (Phi) is 7.82. The van der Waals surface area contributed by atoms with Gasteiger partial charge in [-0.2, -0.15) is 0 Å². The summed E-state index contributed by atoms with van der Waals surface area (Å²) in [6.45, 7) is 6.02. The van der Waals surface area contributed by atoms with Crippen LogP contribution >= 0.6 is 0 Å². The van der Waals surface area contributed by atoms with E-state index in [4.69, 9.17) is 14.8 Å². The topological polar surface area (TPSA) is 78.8 Å². The first-order chi connectivity index (χ1) is 8.39. The summed E-state index contributed by atoms with van der Waals surface area (Å²) < 4.78 is 5.11. The minimum Gasteiger partial charge on any atom is -0.444 e. The molecule has 0 aromatic heterocycles. The molecule has 5 nitrogen and oxygen atoms in total. The van der Waals surface area contributed by atoms with Gasteiger partial charge in [-0.1, -0.05) is 30.3 Å². The predicted molar refractivity (Wildman–Crippen MR) is 69.7 cm³/mol. The Morgan fingerprint density at radius 2 is 1.78 bits per heavy atom. The third-order valence-electron chi connectivity index (χ3n) is 1.68. The fourth-order valence-corrected chi connectivity index (χ4v) is 1.08. The van der Waals surface area contributed by atoms with Gasteiger partial charge in [-0.3, -0.25) is 0 Å². The first-order valence-corrected chi connectivity index (χ1v) is 5.50. The number of rotatable bonds is 2. The molecule has 6 heteroatoms. The largest absolute Gasteiger partial charge is 0.482 e. The SMILES string of the molecule is CC(C)(C)OC(=O)NCc1ccccc1.O[B]O. The average molecular weight is 252 g/mol. The second-order valence-electron chi connectivity index (χ2n) is 4.46. The van der Waals surface area contributed by atoms with E-state index in [0.29, 0.717) is 6.54 Å². The molecule has 18 heavy (non-hydrogen) atoms. The molecule has 0 bridgehead atoms. The summed E-state index contributed by atoms with van der Waals surface area (Å²) >= 11 is 0. The van der Waals surface area contributed by atoms with Gasteiger partial charge in [0.25, 0.3) is 0 Å². The molecule has 1 aromatic rings. The number of alkyl carbamates (subject to hydrolysis) is 1. The minimum atomic E-state index is -0.444. The minimum absolute atomic E-state index is 0. The number of benzene rings is 1. The maximum absolute atomic E-state index is 11.3. The molecule has 1 rings (SSSR count). The molecule has 1 amide bonds. The van der Waals surface area contributed by atoms with Crippen LogP contribution in [0.5, 0.6) is 0 Å². The molecule has 3 N–H and O–H groups in total. The van der Waals surface area contributed by atoms with Crippen molar-refractivity contribution in [2.24, 2.45) is 0 Å². The van der Waals surface area contributed by atoms with Crippen LogP contribution in [0.1, 0.15) is 26.3 Å². The number of carbonyl (C=O) groups is 1. The number of carbonyl (C=O) groups excluding carboxylic acids is 1. The van der Waals surface area contributed by atoms with Gasteiger partial charge in [0.1, 0.15) is 5.60 Å². The molecule has 1 radical (unpaired) electrons. The number of nitrogens with one attached hydrogen (secondary N) is 1.